The summed E-state index contributed by atoms with van der Waals surface area (Å²) in [5, 5.41) is 8.91. The zero-order chi connectivity index (χ0) is 11.5. The lowest BCUT2D eigenvalue weighted by Gasteiger charge is -2.01. The number of methoxy groups -OCH3 is 1. The Morgan fingerprint density at radius 1 is 1.50 bits per heavy atom. The van der Waals surface area contributed by atoms with E-state index in [1.165, 1.54) is 7.11 Å². The van der Waals surface area contributed by atoms with Gasteiger partial charge in [-0.25, -0.2) is 10.3 Å². The molecule has 5 nitrogen and oxygen atoms in total. The highest BCUT2D eigenvalue weighted by atomic mass is 16.7. The summed E-state index contributed by atoms with van der Waals surface area (Å²) in [7, 11) is 1.22. The molecule has 0 amide bonds. The van der Waals surface area contributed by atoms with Crippen LogP contribution in [0.15, 0.2) is 29.8 Å². The summed E-state index contributed by atoms with van der Waals surface area (Å²) in [4.78, 5) is 16.5. The fourth-order valence-corrected chi connectivity index (χ4v) is 1.41. The number of nitriles is 1. The Hall–Kier alpha value is -2.48. The maximum Gasteiger partial charge on any atom is 0.350 e. The van der Waals surface area contributed by atoms with Crippen LogP contribution in [0.5, 0.6) is 5.75 Å². The van der Waals surface area contributed by atoms with E-state index in [1.807, 2.05) is 0 Å². The van der Waals surface area contributed by atoms with Crippen LogP contribution >= 0.6 is 0 Å². The zero-order valence-corrected chi connectivity index (χ0v) is 8.48. The molecule has 0 radical (unpaired) electrons. The van der Waals surface area contributed by atoms with Gasteiger partial charge >= 0.3 is 5.97 Å². The molecular weight excluding hydrogens is 208 g/mol. The van der Waals surface area contributed by atoms with E-state index in [2.05, 4.69) is 10.2 Å². The minimum atomic E-state index is -0.690. The Balaban J connectivity index is 2.55. The number of hydroxylamine groups is 1. The number of carbonyl (C=O) groups is 1. The van der Waals surface area contributed by atoms with Crippen LogP contribution in [0.2, 0.25) is 0 Å². The molecule has 0 aliphatic carbocycles. The number of carbonyl (C=O) groups excluding carboxylic acids is 1. The van der Waals surface area contributed by atoms with Gasteiger partial charge in [-0.2, -0.15) is 5.26 Å². The lowest BCUT2D eigenvalue weighted by molar-refractivity contribution is -0.135. The van der Waals surface area contributed by atoms with Gasteiger partial charge in [0.05, 0.1) is 7.11 Å². The van der Waals surface area contributed by atoms with Gasteiger partial charge in [-0.15, -0.1) is 0 Å². The molecule has 80 valence electrons. The molecule has 1 N–H and O–H groups in total. The van der Waals surface area contributed by atoms with Crippen molar-refractivity contribution in [2.24, 2.45) is 0 Å². The Bertz CT molecular complexity index is 514. The van der Waals surface area contributed by atoms with Gasteiger partial charge in [0, 0.05) is 5.56 Å². The molecule has 0 saturated heterocycles. The number of nitrogens with one attached hydrogen (secondary N) is 1. The number of para-hydroxylation sites is 1. The number of ether oxygens (including phenoxy) is 1. The molecule has 1 aromatic rings. The lowest BCUT2D eigenvalue weighted by atomic mass is 10.1. The van der Waals surface area contributed by atoms with Crippen LogP contribution in [0.1, 0.15) is 5.56 Å². The van der Waals surface area contributed by atoms with E-state index in [0.717, 1.165) is 0 Å². The first-order chi connectivity index (χ1) is 7.77. The third-order valence-electron chi connectivity index (χ3n) is 2.17. The van der Waals surface area contributed by atoms with E-state index in [9.17, 15) is 4.79 Å². The van der Waals surface area contributed by atoms with Crippen molar-refractivity contribution in [1.29, 1.82) is 5.26 Å². The van der Waals surface area contributed by atoms with Crippen LogP contribution in [0.25, 0.3) is 5.70 Å². The standard InChI is InChI=1S/C11H8N2O3/c1-15-11(14)8(6-12)10-7-4-2-3-5-9(7)16-13-10/h2-5,13H,1H3. The largest absolute Gasteiger partial charge is 0.465 e. The van der Waals surface area contributed by atoms with Gasteiger partial charge in [0.1, 0.15) is 11.8 Å². The Morgan fingerprint density at radius 2 is 2.25 bits per heavy atom. The Labute approximate surface area is 91.8 Å². The van der Waals surface area contributed by atoms with Gasteiger partial charge in [0.2, 0.25) is 0 Å². The molecule has 1 heterocycles. The minimum Gasteiger partial charge on any atom is -0.465 e. The van der Waals surface area contributed by atoms with Crippen molar-refractivity contribution in [3.8, 4) is 11.8 Å². The molecule has 0 aromatic heterocycles. The van der Waals surface area contributed by atoms with Crippen molar-refractivity contribution < 1.29 is 14.4 Å². The molecule has 1 aromatic carbocycles. The van der Waals surface area contributed by atoms with E-state index >= 15 is 0 Å². The summed E-state index contributed by atoms with van der Waals surface area (Å²) in [5.41, 5.74) is 3.45. The van der Waals surface area contributed by atoms with E-state index in [0.29, 0.717) is 17.0 Å². The molecule has 1 aliphatic heterocycles. The van der Waals surface area contributed by atoms with Crippen LogP contribution in [-0.2, 0) is 9.53 Å². The van der Waals surface area contributed by atoms with Crippen LogP contribution in [0.3, 0.4) is 0 Å². The third-order valence-corrected chi connectivity index (χ3v) is 2.17. The number of benzene rings is 1. The number of nitrogens with zero attached hydrogens (tertiary/aromatic N) is 1. The maximum atomic E-state index is 11.3. The fraction of sp³-hybridized carbons (Fsp3) is 0.0909. The topological polar surface area (TPSA) is 71.4 Å². The number of hydrogen-bond donors (Lipinski definition) is 1. The second-order valence-corrected chi connectivity index (χ2v) is 3.05. The van der Waals surface area contributed by atoms with Crippen LogP contribution in [0, 0.1) is 11.3 Å². The number of esters is 1. The normalized spacial score (nSPS) is 15.2. The van der Waals surface area contributed by atoms with Crippen molar-refractivity contribution in [1.82, 2.24) is 5.48 Å². The molecule has 1 aliphatic rings. The number of rotatable bonds is 1. The summed E-state index contributed by atoms with van der Waals surface area (Å²) in [6.07, 6.45) is 0. The first-order valence-corrected chi connectivity index (χ1v) is 4.53. The zero-order valence-electron chi connectivity index (χ0n) is 8.48. The van der Waals surface area contributed by atoms with E-state index in [4.69, 9.17) is 10.1 Å². The Morgan fingerprint density at radius 3 is 2.94 bits per heavy atom. The second kappa shape index (κ2) is 3.95. The molecule has 0 unspecified atom stereocenters. The van der Waals surface area contributed by atoms with Crippen LogP contribution in [-0.4, -0.2) is 13.1 Å². The predicted octanol–water partition coefficient (Wildman–Crippen LogP) is 0.991. The minimum absolute atomic E-state index is 0.104. The van der Waals surface area contributed by atoms with Gasteiger partial charge in [0.15, 0.2) is 11.3 Å². The highest BCUT2D eigenvalue weighted by Crippen LogP contribution is 2.31. The van der Waals surface area contributed by atoms with Crippen molar-refractivity contribution in [3.05, 3.63) is 35.4 Å². The van der Waals surface area contributed by atoms with Gasteiger partial charge in [0.25, 0.3) is 0 Å². The molecule has 0 bridgehead atoms. The molecule has 0 saturated carbocycles. The first-order valence-electron chi connectivity index (χ1n) is 4.53. The van der Waals surface area contributed by atoms with E-state index in [-0.39, 0.29) is 5.57 Å². The average molecular weight is 216 g/mol. The summed E-state index contributed by atoms with van der Waals surface area (Å²) in [6.45, 7) is 0. The molecule has 2 rings (SSSR count). The van der Waals surface area contributed by atoms with Gasteiger partial charge < -0.3 is 9.57 Å². The van der Waals surface area contributed by atoms with E-state index < -0.39 is 5.97 Å². The molecule has 0 fully saturated rings. The Kier molecular flexibility index (Phi) is 2.48. The van der Waals surface area contributed by atoms with Gasteiger partial charge in [-0.1, -0.05) is 12.1 Å². The molecule has 0 atom stereocenters. The number of hydrogen-bond acceptors (Lipinski definition) is 5. The third kappa shape index (κ3) is 1.46. The van der Waals surface area contributed by atoms with Gasteiger partial charge in [-0.05, 0) is 12.1 Å². The first kappa shape index (κ1) is 10.1. The highest BCUT2D eigenvalue weighted by Gasteiger charge is 2.25. The van der Waals surface area contributed by atoms with Crippen LogP contribution < -0.4 is 10.3 Å². The lowest BCUT2D eigenvalue weighted by Crippen LogP contribution is -2.14. The predicted molar refractivity (Wildman–Crippen MR) is 54.8 cm³/mol. The van der Waals surface area contributed by atoms with Crippen molar-refractivity contribution >= 4 is 11.7 Å². The van der Waals surface area contributed by atoms with Crippen molar-refractivity contribution in [2.45, 2.75) is 0 Å². The molecular formula is C11H8N2O3. The highest BCUT2D eigenvalue weighted by molar-refractivity contribution is 6.02. The number of fused-ring (bicyclic) bond motifs is 1. The van der Waals surface area contributed by atoms with Crippen molar-refractivity contribution in [3.63, 3.8) is 0 Å². The quantitative estimate of drug-likeness (QED) is 0.430. The maximum absolute atomic E-state index is 11.3. The molecule has 0 spiro atoms. The van der Waals surface area contributed by atoms with E-state index in [1.54, 1.807) is 30.3 Å². The van der Waals surface area contributed by atoms with Crippen molar-refractivity contribution in [2.75, 3.05) is 7.11 Å². The molecule has 16 heavy (non-hydrogen) atoms. The second-order valence-electron chi connectivity index (χ2n) is 3.05. The summed E-state index contributed by atoms with van der Waals surface area (Å²) >= 11 is 0. The smallest absolute Gasteiger partial charge is 0.350 e. The average Bonchev–Trinajstić information content (AvgIpc) is 2.74. The molecule has 5 heteroatoms. The van der Waals surface area contributed by atoms with Gasteiger partial charge in [-0.3, -0.25) is 0 Å². The fourth-order valence-electron chi connectivity index (χ4n) is 1.41. The monoisotopic (exact) mass is 216 g/mol. The summed E-state index contributed by atoms with van der Waals surface area (Å²) in [5.74, 6) is -0.112. The van der Waals surface area contributed by atoms with Crippen LogP contribution in [0.4, 0.5) is 0 Å². The summed E-state index contributed by atoms with van der Waals surface area (Å²) in [6, 6.07) is 8.88. The SMILES string of the molecule is COC(=O)C(C#N)=C1NOc2ccccc21. The summed E-state index contributed by atoms with van der Waals surface area (Å²) < 4.78 is 4.52.